The molecule has 0 radical (unpaired) electrons. The number of carbonyl (C=O) groups is 1. The number of carbonyl (C=O) groups excluding carboxylic acids is 1. The number of amides is 1. The van der Waals surface area contributed by atoms with E-state index in [0.29, 0.717) is 6.54 Å². The van der Waals surface area contributed by atoms with Gasteiger partial charge in [-0.05, 0) is 43.9 Å². The van der Waals surface area contributed by atoms with Gasteiger partial charge in [-0.3, -0.25) is 10.2 Å². The summed E-state index contributed by atoms with van der Waals surface area (Å²) in [6.45, 7) is 2.63. The number of methoxy groups -OCH3 is 1. The molecule has 2 heterocycles. The molecule has 0 saturated carbocycles. The third-order valence-electron chi connectivity index (χ3n) is 5.15. The molecule has 0 spiro atoms. The summed E-state index contributed by atoms with van der Waals surface area (Å²) in [6, 6.07) is 7.82. The number of benzene rings is 1. The van der Waals surface area contributed by atoms with E-state index in [9.17, 15) is 4.79 Å². The molecule has 4 rings (SSSR count). The van der Waals surface area contributed by atoms with Gasteiger partial charge in [0.05, 0.1) is 35.8 Å². The van der Waals surface area contributed by atoms with E-state index in [1.807, 2.05) is 31.2 Å². The summed E-state index contributed by atoms with van der Waals surface area (Å²) in [5.41, 5.74) is 8.49. The average molecular weight is 372 g/mol. The van der Waals surface area contributed by atoms with Gasteiger partial charge in [-0.15, -0.1) is 11.3 Å². The van der Waals surface area contributed by atoms with Crippen molar-refractivity contribution in [2.75, 3.05) is 13.7 Å². The van der Waals surface area contributed by atoms with Crippen molar-refractivity contribution < 1.29 is 9.53 Å². The first-order chi connectivity index (χ1) is 12.7. The molecule has 1 aromatic carbocycles. The number of nitrogens with one attached hydrogen (secondary N) is 3. The highest BCUT2D eigenvalue weighted by Crippen LogP contribution is 2.34. The molecule has 7 heteroatoms. The Morgan fingerprint density at radius 1 is 1.42 bits per heavy atom. The van der Waals surface area contributed by atoms with Crippen LogP contribution in [0.1, 0.15) is 46.1 Å². The van der Waals surface area contributed by atoms with E-state index in [4.69, 9.17) is 4.74 Å². The summed E-state index contributed by atoms with van der Waals surface area (Å²) in [5, 5.41) is 4.33. The van der Waals surface area contributed by atoms with Gasteiger partial charge in [0.15, 0.2) is 0 Å². The molecule has 1 fully saturated rings. The fourth-order valence-corrected chi connectivity index (χ4v) is 4.89. The number of thiazole rings is 1. The molecule has 1 amide bonds. The molecular formula is C19H24N4O2S. The van der Waals surface area contributed by atoms with E-state index in [0.717, 1.165) is 41.3 Å². The standard InChI is InChI=1S/C19H24N4O2S/c1-11-21-18-15(7-4-8-16(18)26-11)22-19(24)14-10-20-23-17(14)12-5-3-6-13(9-12)25-2/h3,5-6,9,14-15,17,20,23H,4,7-8,10H2,1-2H3,(H,22,24). The van der Waals surface area contributed by atoms with Crippen molar-refractivity contribution in [3.63, 3.8) is 0 Å². The lowest BCUT2D eigenvalue weighted by Gasteiger charge is -2.25. The topological polar surface area (TPSA) is 75.3 Å². The lowest BCUT2D eigenvalue weighted by molar-refractivity contribution is -0.125. The van der Waals surface area contributed by atoms with Crippen molar-refractivity contribution in [1.82, 2.24) is 21.2 Å². The number of nitrogens with zero attached hydrogens (tertiary/aromatic N) is 1. The Labute approximate surface area is 157 Å². The van der Waals surface area contributed by atoms with Crippen LogP contribution in [0, 0.1) is 12.8 Å². The molecule has 1 aromatic heterocycles. The number of aromatic nitrogens is 1. The van der Waals surface area contributed by atoms with E-state index in [-0.39, 0.29) is 23.9 Å². The van der Waals surface area contributed by atoms with Crippen LogP contribution in [0.15, 0.2) is 24.3 Å². The van der Waals surface area contributed by atoms with Crippen LogP contribution in [0.2, 0.25) is 0 Å². The third-order valence-corrected chi connectivity index (χ3v) is 6.20. The molecule has 138 valence electrons. The van der Waals surface area contributed by atoms with Gasteiger partial charge in [-0.1, -0.05) is 12.1 Å². The lowest BCUT2D eigenvalue weighted by Crippen LogP contribution is -2.38. The predicted octanol–water partition coefficient (Wildman–Crippen LogP) is 2.42. The number of hydrogen-bond acceptors (Lipinski definition) is 6. The van der Waals surface area contributed by atoms with Gasteiger partial charge < -0.3 is 10.1 Å². The molecule has 1 saturated heterocycles. The van der Waals surface area contributed by atoms with Crippen molar-refractivity contribution >= 4 is 17.2 Å². The smallest absolute Gasteiger partial charge is 0.226 e. The Bertz CT molecular complexity index is 807. The zero-order chi connectivity index (χ0) is 18.1. The second-order valence-electron chi connectivity index (χ2n) is 6.88. The second-order valence-corrected chi connectivity index (χ2v) is 8.17. The number of fused-ring (bicyclic) bond motifs is 1. The average Bonchev–Trinajstić information content (AvgIpc) is 3.28. The number of aryl methyl sites for hydroxylation is 2. The van der Waals surface area contributed by atoms with Crippen molar-refractivity contribution in [3.8, 4) is 5.75 Å². The van der Waals surface area contributed by atoms with Crippen LogP contribution in [0.25, 0.3) is 0 Å². The first-order valence-corrected chi connectivity index (χ1v) is 9.86. The molecule has 1 aliphatic carbocycles. The predicted molar refractivity (Wildman–Crippen MR) is 101 cm³/mol. The SMILES string of the molecule is COc1cccc(C2NNCC2C(=O)NC2CCCc3sc(C)nc32)c1. The fourth-order valence-electron chi connectivity index (χ4n) is 3.85. The van der Waals surface area contributed by atoms with Crippen molar-refractivity contribution in [1.29, 1.82) is 0 Å². The number of hydrogen-bond donors (Lipinski definition) is 3. The monoisotopic (exact) mass is 372 g/mol. The molecule has 3 unspecified atom stereocenters. The van der Waals surface area contributed by atoms with E-state index in [2.05, 4.69) is 21.2 Å². The molecule has 3 N–H and O–H groups in total. The Balaban J connectivity index is 1.51. The van der Waals surface area contributed by atoms with Crippen LogP contribution in [0.5, 0.6) is 5.75 Å². The van der Waals surface area contributed by atoms with Crippen LogP contribution >= 0.6 is 11.3 Å². The first-order valence-electron chi connectivity index (χ1n) is 9.04. The third kappa shape index (κ3) is 3.34. The second kappa shape index (κ2) is 7.34. The van der Waals surface area contributed by atoms with E-state index < -0.39 is 0 Å². The van der Waals surface area contributed by atoms with Crippen LogP contribution < -0.4 is 20.9 Å². The normalized spacial score (nSPS) is 24.9. The van der Waals surface area contributed by atoms with Gasteiger partial charge in [0.25, 0.3) is 0 Å². The minimum atomic E-state index is -0.174. The molecule has 26 heavy (non-hydrogen) atoms. The highest BCUT2D eigenvalue weighted by Gasteiger charge is 2.36. The van der Waals surface area contributed by atoms with Gasteiger partial charge in [0, 0.05) is 11.4 Å². The molecular weight excluding hydrogens is 348 g/mol. The highest BCUT2D eigenvalue weighted by atomic mass is 32.1. The number of ether oxygens (including phenoxy) is 1. The maximum absolute atomic E-state index is 13.0. The van der Waals surface area contributed by atoms with Crippen LogP contribution in [-0.2, 0) is 11.2 Å². The van der Waals surface area contributed by atoms with Crippen molar-refractivity contribution in [3.05, 3.63) is 45.4 Å². The maximum Gasteiger partial charge on any atom is 0.226 e. The van der Waals surface area contributed by atoms with Gasteiger partial charge in [0.2, 0.25) is 5.91 Å². The molecule has 2 aliphatic rings. The molecule has 1 aliphatic heterocycles. The minimum Gasteiger partial charge on any atom is -0.497 e. The molecule has 3 atom stereocenters. The number of hydrazine groups is 1. The summed E-state index contributed by atoms with van der Waals surface area (Å²) in [6.07, 6.45) is 3.13. The fraction of sp³-hybridized carbons (Fsp3) is 0.474. The van der Waals surface area contributed by atoms with Crippen molar-refractivity contribution in [2.24, 2.45) is 5.92 Å². The minimum absolute atomic E-state index is 0.0303. The summed E-state index contributed by atoms with van der Waals surface area (Å²) >= 11 is 1.75. The lowest BCUT2D eigenvalue weighted by atomic mass is 9.92. The summed E-state index contributed by atoms with van der Waals surface area (Å²) in [7, 11) is 1.65. The zero-order valence-corrected chi connectivity index (χ0v) is 15.9. The Morgan fingerprint density at radius 3 is 3.15 bits per heavy atom. The van der Waals surface area contributed by atoms with Gasteiger partial charge in [0.1, 0.15) is 5.75 Å². The van der Waals surface area contributed by atoms with Crippen molar-refractivity contribution in [2.45, 2.75) is 38.3 Å². The quantitative estimate of drug-likeness (QED) is 0.769. The largest absolute Gasteiger partial charge is 0.497 e. The molecule has 6 nitrogen and oxygen atoms in total. The summed E-state index contributed by atoms with van der Waals surface area (Å²) in [5.74, 6) is 0.691. The Kier molecular flexibility index (Phi) is 4.93. The Morgan fingerprint density at radius 2 is 2.31 bits per heavy atom. The summed E-state index contributed by atoms with van der Waals surface area (Å²) < 4.78 is 5.32. The van der Waals surface area contributed by atoms with Crippen LogP contribution in [0.3, 0.4) is 0 Å². The van der Waals surface area contributed by atoms with E-state index in [1.54, 1.807) is 18.4 Å². The molecule has 0 bridgehead atoms. The van der Waals surface area contributed by atoms with E-state index >= 15 is 0 Å². The van der Waals surface area contributed by atoms with Gasteiger partial charge in [-0.25, -0.2) is 10.4 Å². The van der Waals surface area contributed by atoms with E-state index in [1.165, 1.54) is 4.88 Å². The first kappa shape index (κ1) is 17.5. The maximum atomic E-state index is 13.0. The van der Waals surface area contributed by atoms with Crippen LogP contribution in [0.4, 0.5) is 0 Å². The van der Waals surface area contributed by atoms with Gasteiger partial charge >= 0.3 is 0 Å². The van der Waals surface area contributed by atoms with Crippen LogP contribution in [-0.4, -0.2) is 24.5 Å². The highest BCUT2D eigenvalue weighted by molar-refractivity contribution is 7.11. The Hall–Kier alpha value is -1.96. The zero-order valence-electron chi connectivity index (χ0n) is 15.0. The number of rotatable bonds is 4. The van der Waals surface area contributed by atoms with Gasteiger partial charge in [-0.2, -0.15) is 0 Å². The molecule has 2 aromatic rings. The summed E-state index contributed by atoms with van der Waals surface area (Å²) in [4.78, 5) is 19.0.